The van der Waals surface area contributed by atoms with E-state index >= 15 is 0 Å². The fourth-order valence-electron chi connectivity index (χ4n) is 2.54. The van der Waals surface area contributed by atoms with E-state index in [4.69, 9.17) is 0 Å². The van der Waals surface area contributed by atoms with Gasteiger partial charge < -0.3 is 10.1 Å². The number of likely N-dealkylation sites (tertiary alicyclic amines) is 1. The van der Waals surface area contributed by atoms with E-state index in [1.807, 2.05) is 25.1 Å². The number of benzene rings is 1. The lowest BCUT2D eigenvalue weighted by atomic mass is 9.91. The molecule has 1 saturated heterocycles. The van der Waals surface area contributed by atoms with E-state index in [-0.39, 0.29) is 5.56 Å². The first-order chi connectivity index (χ1) is 9.09. The molecule has 0 unspecified atom stereocenters. The molecule has 1 aromatic heterocycles. The largest absolute Gasteiger partial charge is 0.387 e. The third-order valence-electron chi connectivity index (χ3n) is 3.73. The van der Waals surface area contributed by atoms with Crippen molar-refractivity contribution in [2.75, 3.05) is 13.1 Å². The molecule has 0 radical (unpaired) electrons. The molecule has 0 bridgehead atoms. The van der Waals surface area contributed by atoms with Crippen molar-refractivity contribution in [1.29, 1.82) is 0 Å². The summed E-state index contributed by atoms with van der Waals surface area (Å²) in [5.74, 6) is 0.654. The summed E-state index contributed by atoms with van der Waals surface area (Å²) in [5, 5.41) is 10.6. The lowest BCUT2D eigenvalue weighted by molar-refractivity contribution is -0.104. The maximum absolute atomic E-state index is 11.9. The molecule has 0 saturated carbocycles. The van der Waals surface area contributed by atoms with Gasteiger partial charge in [-0.3, -0.25) is 9.69 Å². The summed E-state index contributed by atoms with van der Waals surface area (Å²) in [6.07, 6.45) is 0.755. The normalized spacial score (nSPS) is 18.4. The van der Waals surface area contributed by atoms with Crippen molar-refractivity contribution < 1.29 is 5.11 Å². The second-order valence-corrected chi connectivity index (χ2v) is 5.25. The molecule has 1 fully saturated rings. The average molecular weight is 259 g/mol. The Hall–Kier alpha value is -1.72. The van der Waals surface area contributed by atoms with Crippen molar-refractivity contribution in [3.05, 3.63) is 40.4 Å². The highest BCUT2D eigenvalue weighted by molar-refractivity contribution is 5.77. The predicted octanol–water partition coefficient (Wildman–Crippen LogP) is 0.880. The van der Waals surface area contributed by atoms with E-state index < -0.39 is 5.60 Å². The van der Waals surface area contributed by atoms with Crippen LogP contribution in [-0.4, -0.2) is 38.7 Å². The topological polar surface area (TPSA) is 69.2 Å². The molecule has 0 spiro atoms. The van der Waals surface area contributed by atoms with Gasteiger partial charge in [0.25, 0.3) is 5.56 Å². The first kappa shape index (κ1) is 12.3. The summed E-state index contributed by atoms with van der Waals surface area (Å²) in [5.41, 5.74) is 0.0522. The SMILES string of the molecule is CCC1(O)CN(Cc2nc3ccccc3c(=O)[nH]2)C1. The fourth-order valence-corrected chi connectivity index (χ4v) is 2.54. The number of rotatable bonds is 3. The van der Waals surface area contributed by atoms with Gasteiger partial charge in [-0.15, -0.1) is 0 Å². The zero-order valence-corrected chi connectivity index (χ0v) is 10.9. The Bertz CT molecular complexity index is 659. The number of aromatic nitrogens is 2. The van der Waals surface area contributed by atoms with E-state index in [1.54, 1.807) is 6.07 Å². The Morgan fingerprint density at radius 1 is 1.42 bits per heavy atom. The summed E-state index contributed by atoms with van der Waals surface area (Å²) in [7, 11) is 0. The van der Waals surface area contributed by atoms with Crippen LogP contribution in [0.2, 0.25) is 0 Å². The molecule has 100 valence electrons. The van der Waals surface area contributed by atoms with Gasteiger partial charge >= 0.3 is 0 Å². The Balaban J connectivity index is 1.81. The number of nitrogens with one attached hydrogen (secondary N) is 1. The van der Waals surface area contributed by atoms with Crippen LogP contribution in [0, 0.1) is 0 Å². The smallest absolute Gasteiger partial charge is 0.258 e. The number of aromatic amines is 1. The van der Waals surface area contributed by atoms with Crippen LogP contribution >= 0.6 is 0 Å². The molecule has 2 heterocycles. The van der Waals surface area contributed by atoms with E-state index in [1.165, 1.54) is 0 Å². The highest BCUT2D eigenvalue weighted by Crippen LogP contribution is 2.24. The quantitative estimate of drug-likeness (QED) is 0.858. The van der Waals surface area contributed by atoms with Crippen LogP contribution in [0.15, 0.2) is 29.1 Å². The van der Waals surface area contributed by atoms with Gasteiger partial charge in [-0.1, -0.05) is 19.1 Å². The summed E-state index contributed by atoms with van der Waals surface area (Å²) >= 11 is 0. The minimum atomic E-state index is -0.558. The van der Waals surface area contributed by atoms with Crippen molar-refractivity contribution in [1.82, 2.24) is 14.9 Å². The number of nitrogens with zero attached hydrogens (tertiary/aromatic N) is 2. The van der Waals surface area contributed by atoms with Gasteiger partial charge in [0.1, 0.15) is 5.82 Å². The van der Waals surface area contributed by atoms with Crippen LogP contribution in [0.4, 0.5) is 0 Å². The van der Waals surface area contributed by atoms with Crippen molar-refractivity contribution in [2.45, 2.75) is 25.5 Å². The minimum Gasteiger partial charge on any atom is -0.387 e. The zero-order valence-electron chi connectivity index (χ0n) is 10.9. The Labute approximate surface area is 110 Å². The number of H-pyrrole nitrogens is 1. The van der Waals surface area contributed by atoms with Gasteiger partial charge in [-0.25, -0.2) is 4.98 Å². The van der Waals surface area contributed by atoms with E-state index in [0.29, 0.717) is 36.4 Å². The van der Waals surface area contributed by atoms with Crippen LogP contribution in [0.1, 0.15) is 19.2 Å². The molecule has 1 aliphatic heterocycles. The molecule has 0 aliphatic carbocycles. The Kier molecular flexibility index (Phi) is 2.88. The van der Waals surface area contributed by atoms with Gasteiger partial charge in [-0.05, 0) is 18.6 Å². The molecule has 19 heavy (non-hydrogen) atoms. The first-order valence-electron chi connectivity index (χ1n) is 6.52. The molecule has 1 aliphatic rings. The van der Waals surface area contributed by atoms with E-state index in [9.17, 15) is 9.90 Å². The third kappa shape index (κ3) is 2.27. The molecular weight excluding hydrogens is 242 g/mol. The molecule has 2 aromatic rings. The maximum Gasteiger partial charge on any atom is 0.258 e. The highest BCUT2D eigenvalue weighted by Gasteiger charge is 2.39. The number of para-hydroxylation sites is 1. The number of hydrogen-bond donors (Lipinski definition) is 2. The lowest BCUT2D eigenvalue weighted by Gasteiger charge is -2.45. The molecular formula is C14H17N3O2. The molecule has 0 atom stereocenters. The monoisotopic (exact) mass is 259 g/mol. The molecule has 2 N–H and O–H groups in total. The zero-order chi connectivity index (χ0) is 13.5. The summed E-state index contributed by atoms with van der Waals surface area (Å²) in [6, 6.07) is 7.31. The van der Waals surface area contributed by atoms with Gasteiger partial charge in [0, 0.05) is 13.1 Å². The second-order valence-electron chi connectivity index (χ2n) is 5.25. The van der Waals surface area contributed by atoms with Crippen LogP contribution in [0.5, 0.6) is 0 Å². The van der Waals surface area contributed by atoms with Crippen molar-refractivity contribution >= 4 is 10.9 Å². The number of fused-ring (bicyclic) bond motifs is 1. The maximum atomic E-state index is 11.9. The van der Waals surface area contributed by atoms with Crippen molar-refractivity contribution in [3.8, 4) is 0 Å². The predicted molar refractivity (Wildman–Crippen MR) is 72.9 cm³/mol. The van der Waals surface area contributed by atoms with Crippen molar-refractivity contribution in [2.24, 2.45) is 0 Å². The standard InChI is InChI=1S/C14H17N3O2/c1-2-14(19)8-17(9-14)7-12-15-11-6-4-3-5-10(11)13(18)16-12/h3-6,19H,2,7-9H2,1H3,(H,15,16,18). The summed E-state index contributed by atoms with van der Waals surface area (Å²) in [6.45, 7) is 3.83. The van der Waals surface area contributed by atoms with Crippen LogP contribution < -0.4 is 5.56 Å². The van der Waals surface area contributed by atoms with Crippen LogP contribution in [-0.2, 0) is 6.54 Å². The summed E-state index contributed by atoms with van der Waals surface area (Å²) in [4.78, 5) is 21.2. The summed E-state index contributed by atoms with van der Waals surface area (Å²) < 4.78 is 0. The van der Waals surface area contributed by atoms with Gasteiger partial charge in [0.05, 0.1) is 23.0 Å². The fraction of sp³-hybridized carbons (Fsp3) is 0.429. The van der Waals surface area contributed by atoms with Crippen LogP contribution in [0.25, 0.3) is 10.9 Å². The van der Waals surface area contributed by atoms with Crippen LogP contribution in [0.3, 0.4) is 0 Å². The molecule has 5 nitrogen and oxygen atoms in total. The van der Waals surface area contributed by atoms with Gasteiger partial charge in [0.2, 0.25) is 0 Å². The first-order valence-corrected chi connectivity index (χ1v) is 6.52. The Morgan fingerprint density at radius 3 is 2.89 bits per heavy atom. The van der Waals surface area contributed by atoms with Gasteiger partial charge in [-0.2, -0.15) is 0 Å². The van der Waals surface area contributed by atoms with Crippen molar-refractivity contribution in [3.63, 3.8) is 0 Å². The van der Waals surface area contributed by atoms with Gasteiger partial charge in [0.15, 0.2) is 0 Å². The number of hydrogen-bond acceptors (Lipinski definition) is 4. The number of aliphatic hydroxyl groups is 1. The molecule has 0 amide bonds. The molecule has 3 rings (SSSR count). The second kappa shape index (κ2) is 4.43. The van der Waals surface area contributed by atoms with E-state index in [0.717, 1.165) is 6.42 Å². The third-order valence-corrected chi connectivity index (χ3v) is 3.73. The molecule has 1 aromatic carbocycles. The Morgan fingerprint density at radius 2 is 2.16 bits per heavy atom. The minimum absolute atomic E-state index is 0.105. The highest BCUT2D eigenvalue weighted by atomic mass is 16.3. The average Bonchev–Trinajstić information content (AvgIpc) is 2.37. The number of β-amino-alcohol motifs (C(OH)–C–C–N with tert-alkyl or cyclic N) is 1. The van der Waals surface area contributed by atoms with E-state index in [2.05, 4.69) is 14.9 Å². The molecule has 5 heteroatoms. The lowest BCUT2D eigenvalue weighted by Crippen LogP contribution is -2.60.